The molecule has 5 heteroatoms. The molecule has 0 saturated heterocycles. The average molecular weight is 309 g/mol. The highest BCUT2D eigenvalue weighted by molar-refractivity contribution is 9.10. The third kappa shape index (κ3) is 4.10. The molecule has 1 unspecified atom stereocenters. The molecule has 0 radical (unpaired) electrons. The van der Waals surface area contributed by atoms with Gasteiger partial charge < -0.3 is 5.32 Å². The highest BCUT2D eigenvalue weighted by Gasteiger charge is 2.09. The molecule has 1 amide bonds. The van der Waals surface area contributed by atoms with E-state index in [1.54, 1.807) is 6.07 Å². The summed E-state index contributed by atoms with van der Waals surface area (Å²) in [6.45, 7) is 2.31. The zero-order valence-corrected chi connectivity index (χ0v) is 11.1. The van der Waals surface area contributed by atoms with Crippen molar-refractivity contribution >= 4 is 33.4 Å². The first-order valence-corrected chi connectivity index (χ1v) is 6.14. The Kier molecular flexibility index (Phi) is 5.22. The number of nitrogens with one attached hydrogen (secondary N) is 1. The summed E-state index contributed by atoms with van der Waals surface area (Å²) in [5.41, 5.74) is 0.284. The van der Waals surface area contributed by atoms with Crippen molar-refractivity contribution in [2.45, 2.75) is 18.7 Å². The maximum absolute atomic E-state index is 13.0. The molecule has 0 spiro atoms. The second-order valence-electron chi connectivity index (χ2n) is 3.37. The van der Waals surface area contributed by atoms with E-state index in [0.29, 0.717) is 11.0 Å². The van der Waals surface area contributed by atoms with Crippen molar-refractivity contribution in [3.8, 4) is 0 Å². The molecule has 0 aliphatic carbocycles. The molecule has 2 nitrogen and oxygen atoms in total. The van der Waals surface area contributed by atoms with Gasteiger partial charge in [0.05, 0.1) is 5.38 Å². The lowest BCUT2D eigenvalue weighted by Gasteiger charge is -2.08. The van der Waals surface area contributed by atoms with Crippen molar-refractivity contribution in [3.63, 3.8) is 0 Å². The average Bonchev–Trinajstić information content (AvgIpc) is 2.23. The number of rotatable bonds is 4. The van der Waals surface area contributed by atoms with E-state index < -0.39 is 5.82 Å². The molecule has 88 valence electrons. The monoisotopic (exact) mass is 307 g/mol. The van der Waals surface area contributed by atoms with E-state index in [9.17, 15) is 9.18 Å². The summed E-state index contributed by atoms with van der Waals surface area (Å²) in [4.78, 5) is 11.6. The molecule has 0 aliphatic rings. The summed E-state index contributed by atoms with van der Waals surface area (Å²) in [5.74, 6) is -0.767. The first kappa shape index (κ1) is 13.5. The molecule has 0 bridgehead atoms. The third-order valence-electron chi connectivity index (χ3n) is 2.05. The van der Waals surface area contributed by atoms with Crippen LogP contribution in [0.5, 0.6) is 0 Å². The van der Waals surface area contributed by atoms with Gasteiger partial charge in [0, 0.05) is 16.6 Å². The molecule has 1 aromatic rings. The fourth-order valence-electron chi connectivity index (χ4n) is 1.13. The van der Waals surface area contributed by atoms with Gasteiger partial charge in [-0.15, -0.1) is 11.6 Å². The first-order valence-electron chi connectivity index (χ1n) is 4.91. The van der Waals surface area contributed by atoms with Crippen molar-refractivity contribution in [3.05, 3.63) is 34.1 Å². The van der Waals surface area contributed by atoms with Gasteiger partial charge in [0.25, 0.3) is 5.91 Å². The third-order valence-corrected chi connectivity index (χ3v) is 2.97. The van der Waals surface area contributed by atoms with Crippen LogP contribution in [0.2, 0.25) is 0 Å². The Morgan fingerprint density at radius 2 is 2.25 bits per heavy atom. The normalized spacial score (nSPS) is 12.2. The molecule has 0 saturated carbocycles. The molecule has 16 heavy (non-hydrogen) atoms. The predicted molar refractivity (Wildman–Crippen MR) is 66.4 cm³/mol. The van der Waals surface area contributed by atoms with E-state index >= 15 is 0 Å². The van der Waals surface area contributed by atoms with Crippen LogP contribution in [0, 0.1) is 5.82 Å². The largest absolute Gasteiger partial charge is 0.351 e. The molecular formula is C11H12BrClFNO. The molecule has 1 rings (SSSR count). The van der Waals surface area contributed by atoms with E-state index in [-0.39, 0.29) is 16.8 Å². The summed E-state index contributed by atoms with van der Waals surface area (Å²) < 4.78 is 13.6. The van der Waals surface area contributed by atoms with Crippen LogP contribution in [-0.2, 0) is 0 Å². The molecule has 1 atom stereocenters. The minimum atomic E-state index is -0.447. The number of hydrogen-bond acceptors (Lipinski definition) is 1. The van der Waals surface area contributed by atoms with E-state index in [2.05, 4.69) is 21.2 Å². The summed E-state index contributed by atoms with van der Waals surface area (Å²) >= 11 is 8.99. The Hall–Kier alpha value is -0.610. The Morgan fingerprint density at radius 1 is 1.56 bits per heavy atom. The van der Waals surface area contributed by atoms with Gasteiger partial charge in [-0.3, -0.25) is 4.79 Å². The van der Waals surface area contributed by atoms with Crippen molar-refractivity contribution in [2.24, 2.45) is 0 Å². The highest BCUT2D eigenvalue weighted by Crippen LogP contribution is 2.14. The van der Waals surface area contributed by atoms with Crippen molar-refractivity contribution in [1.82, 2.24) is 5.32 Å². The van der Waals surface area contributed by atoms with Crippen LogP contribution in [-0.4, -0.2) is 17.8 Å². The number of amides is 1. The van der Waals surface area contributed by atoms with Gasteiger partial charge in [0.2, 0.25) is 0 Å². The van der Waals surface area contributed by atoms with Crippen molar-refractivity contribution < 1.29 is 9.18 Å². The number of carbonyl (C=O) groups is 1. The standard InChI is InChI=1S/C11H12BrClFNO/c1-2-9(13)6-15-11(16)7-3-8(12)5-10(14)4-7/h3-5,9H,2,6H2,1H3,(H,15,16). The second-order valence-corrected chi connectivity index (χ2v) is 4.91. The number of alkyl halides is 1. The van der Waals surface area contributed by atoms with E-state index in [0.717, 1.165) is 6.42 Å². The number of halogens is 3. The SMILES string of the molecule is CCC(Cl)CNC(=O)c1cc(F)cc(Br)c1. The van der Waals surface area contributed by atoms with Crippen LogP contribution in [0.4, 0.5) is 4.39 Å². The molecule has 1 aromatic carbocycles. The molecule has 0 aromatic heterocycles. The number of carbonyl (C=O) groups excluding carboxylic acids is 1. The molecular weight excluding hydrogens is 296 g/mol. The van der Waals surface area contributed by atoms with Crippen LogP contribution in [0.25, 0.3) is 0 Å². The lowest BCUT2D eigenvalue weighted by Crippen LogP contribution is -2.29. The Morgan fingerprint density at radius 3 is 2.81 bits per heavy atom. The number of hydrogen-bond donors (Lipinski definition) is 1. The van der Waals surface area contributed by atoms with Gasteiger partial charge in [-0.2, -0.15) is 0 Å². The summed E-state index contributed by atoms with van der Waals surface area (Å²) in [5, 5.41) is 2.55. The lowest BCUT2D eigenvalue weighted by atomic mass is 10.2. The van der Waals surface area contributed by atoms with Crippen LogP contribution in [0.3, 0.4) is 0 Å². The minimum absolute atomic E-state index is 0.0963. The summed E-state index contributed by atoms with van der Waals surface area (Å²) in [6, 6.07) is 4.05. The van der Waals surface area contributed by atoms with Gasteiger partial charge in [-0.1, -0.05) is 22.9 Å². The van der Waals surface area contributed by atoms with Crippen molar-refractivity contribution in [1.29, 1.82) is 0 Å². The predicted octanol–water partition coefficient (Wildman–Crippen LogP) is 3.34. The van der Waals surface area contributed by atoms with Crippen molar-refractivity contribution in [2.75, 3.05) is 6.54 Å². The lowest BCUT2D eigenvalue weighted by molar-refractivity contribution is 0.0953. The van der Waals surface area contributed by atoms with Crippen LogP contribution in [0.1, 0.15) is 23.7 Å². The zero-order valence-electron chi connectivity index (χ0n) is 8.77. The van der Waals surface area contributed by atoms with E-state index in [4.69, 9.17) is 11.6 Å². The Balaban J connectivity index is 2.66. The highest BCUT2D eigenvalue weighted by atomic mass is 79.9. The minimum Gasteiger partial charge on any atom is -0.351 e. The fourth-order valence-corrected chi connectivity index (χ4v) is 1.68. The molecule has 1 N–H and O–H groups in total. The topological polar surface area (TPSA) is 29.1 Å². The van der Waals surface area contributed by atoms with Crippen LogP contribution in [0.15, 0.2) is 22.7 Å². The van der Waals surface area contributed by atoms with Crippen LogP contribution >= 0.6 is 27.5 Å². The molecule has 0 heterocycles. The van der Waals surface area contributed by atoms with Gasteiger partial charge in [0.1, 0.15) is 5.82 Å². The van der Waals surface area contributed by atoms with Gasteiger partial charge >= 0.3 is 0 Å². The molecule has 0 fully saturated rings. The Labute approximate surface area is 107 Å². The maximum Gasteiger partial charge on any atom is 0.251 e. The Bertz CT molecular complexity index is 366. The second kappa shape index (κ2) is 6.21. The van der Waals surface area contributed by atoms with Crippen LogP contribution < -0.4 is 5.32 Å². The summed E-state index contributed by atoms with van der Waals surface area (Å²) in [7, 11) is 0. The zero-order chi connectivity index (χ0) is 12.1. The quantitative estimate of drug-likeness (QED) is 0.849. The smallest absolute Gasteiger partial charge is 0.251 e. The number of benzene rings is 1. The maximum atomic E-state index is 13.0. The first-order chi connectivity index (χ1) is 7.52. The van der Waals surface area contributed by atoms with Gasteiger partial charge in [-0.05, 0) is 24.6 Å². The van der Waals surface area contributed by atoms with E-state index in [1.807, 2.05) is 6.92 Å². The molecule has 0 aliphatic heterocycles. The fraction of sp³-hybridized carbons (Fsp3) is 0.364. The van der Waals surface area contributed by atoms with Gasteiger partial charge in [-0.25, -0.2) is 4.39 Å². The summed E-state index contributed by atoms with van der Waals surface area (Å²) in [6.07, 6.45) is 0.773. The van der Waals surface area contributed by atoms with E-state index in [1.165, 1.54) is 12.1 Å². The van der Waals surface area contributed by atoms with Gasteiger partial charge in [0.15, 0.2) is 0 Å².